The maximum Gasteiger partial charge on any atom is 0.259 e. The van der Waals surface area contributed by atoms with Gasteiger partial charge in [0.15, 0.2) is 0 Å². The molecule has 4 rings (SSSR count). The van der Waals surface area contributed by atoms with Crippen LogP contribution in [0.1, 0.15) is 21.6 Å². The number of hydrogen-bond acceptors (Lipinski definition) is 5. The third-order valence-corrected chi connectivity index (χ3v) is 5.04. The minimum atomic E-state index is -0.126. The van der Waals surface area contributed by atoms with E-state index in [1.807, 2.05) is 74.5 Å². The van der Waals surface area contributed by atoms with Gasteiger partial charge in [0, 0.05) is 12.6 Å². The normalized spacial score (nSPS) is 10.9. The highest BCUT2D eigenvalue weighted by Gasteiger charge is 2.21. The van der Waals surface area contributed by atoms with E-state index in [2.05, 4.69) is 10.1 Å². The monoisotopic (exact) mass is 401 g/mol. The Kier molecular flexibility index (Phi) is 5.48. The summed E-state index contributed by atoms with van der Waals surface area (Å²) in [6, 6.07) is 19.3. The first-order valence-corrected chi connectivity index (χ1v) is 9.81. The molecule has 0 radical (unpaired) electrons. The molecule has 0 bridgehead atoms. The third-order valence-electron chi connectivity index (χ3n) is 5.04. The van der Waals surface area contributed by atoms with Crippen molar-refractivity contribution in [1.29, 1.82) is 0 Å². The Hall–Kier alpha value is -3.67. The minimum Gasteiger partial charge on any atom is -0.491 e. The van der Waals surface area contributed by atoms with Gasteiger partial charge in [0.05, 0.1) is 28.9 Å². The van der Waals surface area contributed by atoms with Crippen molar-refractivity contribution in [3.63, 3.8) is 0 Å². The molecule has 2 heterocycles. The third kappa shape index (κ3) is 3.89. The highest BCUT2D eigenvalue weighted by Crippen LogP contribution is 2.27. The lowest BCUT2D eigenvalue weighted by molar-refractivity contribution is 0.0775. The fourth-order valence-electron chi connectivity index (χ4n) is 3.34. The van der Waals surface area contributed by atoms with Gasteiger partial charge in [0.2, 0.25) is 0 Å². The predicted molar refractivity (Wildman–Crippen MR) is 116 cm³/mol. The van der Waals surface area contributed by atoms with E-state index in [0.717, 1.165) is 16.9 Å². The van der Waals surface area contributed by atoms with Gasteiger partial charge in [-0.25, -0.2) is 4.98 Å². The largest absolute Gasteiger partial charge is 0.491 e. The van der Waals surface area contributed by atoms with Gasteiger partial charge in [0.25, 0.3) is 11.6 Å². The molecule has 0 spiro atoms. The SMILES string of the molecule is Cc1ccccc1OCCN(C)C(=O)c1cc(-c2ccccc2)nc2onc(C)c12. The molecular formula is C24H23N3O3. The summed E-state index contributed by atoms with van der Waals surface area (Å²) in [4.78, 5) is 19.5. The Balaban J connectivity index is 1.58. The summed E-state index contributed by atoms with van der Waals surface area (Å²) in [5.41, 5.74) is 4.18. The number of fused-ring (bicyclic) bond motifs is 1. The summed E-state index contributed by atoms with van der Waals surface area (Å²) in [6.45, 7) is 4.66. The Morgan fingerprint density at radius 3 is 2.57 bits per heavy atom. The van der Waals surface area contributed by atoms with Crippen LogP contribution in [-0.2, 0) is 0 Å². The van der Waals surface area contributed by atoms with E-state index in [1.54, 1.807) is 11.9 Å². The Morgan fingerprint density at radius 1 is 1.07 bits per heavy atom. The molecule has 2 aromatic carbocycles. The van der Waals surface area contributed by atoms with Crippen molar-refractivity contribution in [3.8, 4) is 17.0 Å². The quantitative estimate of drug-likeness (QED) is 0.470. The first-order chi connectivity index (χ1) is 14.5. The highest BCUT2D eigenvalue weighted by atomic mass is 16.5. The average Bonchev–Trinajstić information content (AvgIpc) is 3.15. The molecule has 30 heavy (non-hydrogen) atoms. The van der Waals surface area contributed by atoms with Crippen LogP contribution < -0.4 is 4.74 Å². The van der Waals surface area contributed by atoms with Crippen LogP contribution in [0.5, 0.6) is 5.75 Å². The van der Waals surface area contributed by atoms with Gasteiger partial charge in [-0.15, -0.1) is 0 Å². The molecule has 0 fully saturated rings. The van der Waals surface area contributed by atoms with Crippen LogP contribution in [-0.4, -0.2) is 41.1 Å². The second-order valence-electron chi connectivity index (χ2n) is 7.21. The molecule has 4 aromatic rings. The highest BCUT2D eigenvalue weighted by molar-refractivity contribution is 6.06. The standard InChI is InChI=1S/C24H23N3O3/c1-16-9-7-8-12-21(16)29-14-13-27(3)24(28)19-15-20(18-10-5-4-6-11-18)25-23-22(19)17(2)26-30-23/h4-12,15H,13-14H2,1-3H3. The second-order valence-corrected chi connectivity index (χ2v) is 7.21. The number of aryl methyl sites for hydroxylation is 2. The average molecular weight is 401 g/mol. The smallest absolute Gasteiger partial charge is 0.259 e. The van der Waals surface area contributed by atoms with Crippen molar-refractivity contribution in [2.45, 2.75) is 13.8 Å². The lowest BCUT2D eigenvalue weighted by Gasteiger charge is -2.19. The molecule has 0 saturated carbocycles. The molecule has 2 aromatic heterocycles. The topological polar surface area (TPSA) is 68.5 Å². The van der Waals surface area contributed by atoms with Gasteiger partial charge in [-0.05, 0) is 31.5 Å². The van der Waals surface area contributed by atoms with Crippen LogP contribution in [0.4, 0.5) is 0 Å². The summed E-state index contributed by atoms with van der Waals surface area (Å²) in [7, 11) is 1.76. The lowest BCUT2D eigenvalue weighted by atomic mass is 10.0. The van der Waals surface area contributed by atoms with Crippen LogP contribution in [0.3, 0.4) is 0 Å². The molecule has 0 atom stereocenters. The van der Waals surface area contributed by atoms with Crippen LogP contribution in [0.2, 0.25) is 0 Å². The molecular weight excluding hydrogens is 378 g/mol. The van der Waals surface area contributed by atoms with Crippen molar-refractivity contribution in [2.75, 3.05) is 20.2 Å². The van der Waals surface area contributed by atoms with Crippen LogP contribution >= 0.6 is 0 Å². The van der Waals surface area contributed by atoms with Gasteiger partial charge in [-0.3, -0.25) is 4.79 Å². The van der Waals surface area contributed by atoms with Gasteiger partial charge in [0.1, 0.15) is 12.4 Å². The number of nitrogens with zero attached hydrogens (tertiary/aromatic N) is 3. The maximum atomic E-state index is 13.3. The number of pyridine rings is 1. The molecule has 0 unspecified atom stereocenters. The van der Waals surface area contributed by atoms with Crippen LogP contribution in [0.15, 0.2) is 65.2 Å². The molecule has 0 aliphatic rings. The van der Waals surface area contributed by atoms with Crippen LogP contribution in [0.25, 0.3) is 22.4 Å². The van der Waals surface area contributed by atoms with E-state index >= 15 is 0 Å². The van der Waals surface area contributed by atoms with E-state index in [0.29, 0.717) is 41.2 Å². The van der Waals surface area contributed by atoms with E-state index in [-0.39, 0.29) is 5.91 Å². The number of likely N-dealkylation sites (N-methyl/N-ethyl adjacent to an activating group) is 1. The molecule has 0 aliphatic carbocycles. The lowest BCUT2D eigenvalue weighted by Crippen LogP contribution is -2.31. The first kappa shape index (κ1) is 19.6. The molecule has 1 amide bonds. The van der Waals surface area contributed by atoms with Gasteiger partial charge < -0.3 is 14.2 Å². The van der Waals surface area contributed by atoms with E-state index in [1.165, 1.54) is 0 Å². The van der Waals surface area contributed by atoms with Crippen molar-refractivity contribution in [1.82, 2.24) is 15.0 Å². The fraction of sp³-hybridized carbons (Fsp3) is 0.208. The maximum absolute atomic E-state index is 13.3. The summed E-state index contributed by atoms with van der Waals surface area (Å²) in [5.74, 6) is 0.699. The van der Waals surface area contributed by atoms with Crippen molar-refractivity contribution < 1.29 is 14.1 Å². The Bertz CT molecular complexity index is 1190. The Morgan fingerprint density at radius 2 is 1.80 bits per heavy atom. The van der Waals surface area contributed by atoms with Crippen LogP contribution in [0, 0.1) is 13.8 Å². The number of benzene rings is 2. The zero-order valence-corrected chi connectivity index (χ0v) is 17.3. The number of aromatic nitrogens is 2. The van der Waals surface area contributed by atoms with Gasteiger partial charge >= 0.3 is 0 Å². The number of amides is 1. The molecule has 0 saturated heterocycles. The van der Waals surface area contributed by atoms with Gasteiger partial charge in [-0.1, -0.05) is 53.7 Å². The second kappa shape index (κ2) is 8.37. The van der Waals surface area contributed by atoms with E-state index < -0.39 is 0 Å². The molecule has 0 aliphatic heterocycles. The summed E-state index contributed by atoms with van der Waals surface area (Å²) >= 11 is 0. The fourth-order valence-corrected chi connectivity index (χ4v) is 3.34. The number of rotatable bonds is 6. The van der Waals surface area contributed by atoms with Gasteiger partial charge in [-0.2, -0.15) is 0 Å². The predicted octanol–water partition coefficient (Wildman–Crippen LogP) is 4.66. The summed E-state index contributed by atoms with van der Waals surface area (Å²) < 4.78 is 11.2. The van der Waals surface area contributed by atoms with E-state index in [9.17, 15) is 4.79 Å². The van der Waals surface area contributed by atoms with Crippen molar-refractivity contribution >= 4 is 17.0 Å². The summed E-state index contributed by atoms with van der Waals surface area (Å²) in [5, 5.41) is 4.66. The number of carbonyl (C=O) groups is 1. The van der Waals surface area contributed by atoms with Crippen molar-refractivity contribution in [3.05, 3.63) is 77.5 Å². The molecule has 6 heteroatoms. The summed E-state index contributed by atoms with van der Waals surface area (Å²) in [6.07, 6.45) is 0. The number of ether oxygens (including phenoxy) is 1. The number of carbonyl (C=O) groups excluding carboxylic acids is 1. The minimum absolute atomic E-state index is 0.126. The first-order valence-electron chi connectivity index (χ1n) is 9.81. The number of para-hydroxylation sites is 1. The van der Waals surface area contributed by atoms with E-state index in [4.69, 9.17) is 9.26 Å². The zero-order chi connectivity index (χ0) is 21.1. The van der Waals surface area contributed by atoms with Crippen molar-refractivity contribution in [2.24, 2.45) is 0 Å². The molecule has 0 N–H and O–H groups in total. The Labute approximate surface area is 175 Å². The molecule has 6 nitrogen and oxygen atoms in total. The molecule has 152 valence electrons. The number of hydrogen-bond donors (Lipinski definition) is 0. The zero-order valence-electron chi connectivity index (χ0n) is 17.3.